The van der Waals surface area contributed by atoms with Gasteiger partial charge in [0.2, 0.25) is 0 Å². The van der Waals surface area contributed by atoms with Crippen LogP contribution in [0.5, 0.6) is 0 Å². The van der Waals surface area contributed by atoms with Crippen LogP contribution in [0.3, 0.4) is 0 Å². The second-order valence-corrected chi connectivity index (χ2v) is 4.86. The van der Waals surface area contributed by atoms with E-state index in [9.17, 15) is 0 Å². The number of aromatic nitrogens is 4. The molecule has 4 aromatic rings. The maximum atomic E-state index is 4.19. The SMILES string of the molecule is O.O.[Cl-].[Cl-].[Ru+2].c1ccc(-c2ccccn2)nc1.c1ccc(-c2ccccn2)nc1. The summed E-state index contributed by atoms with van der Waals surface area (Å²) in [6, 6.07) is 23.2. The minimum Gasteiger partial charge on any atom is -1.00 e. The van der Waals surface area contributed by atoms with Gasteiger partial charge >= 0.3 is 19.5 Å². The molecule has 0 radical (unpaired) electrons. The standard InChI is InChI=1S/2C10H8N2.2ClH.2H2O.Ru/c2*1-3-7-11-9(5-1)10-6-2-4-8-12-10;;;;;/h2*1-8H;2*1H;2*1H2;/q;;;;;;+2/p-2. The Kier molecular flexibility index (Phi) is 19.3. The average molecular weight is 520 g/mol. The van der Waals surface area contributed by atoms with E-state index in [2.05, 4.69) is 19.9 Å². The van der Waals surface area contributed by atoms with Crippen molar-refractivity contribution >= 4 is 0 Å². The Hall–Kier alpha value is -2.28. The predicted octanol–water partition coefficient (Wildman–Crippen LogP) is -3.36. The molecule has 4 aromatic heterocycles. The molecule has 0 unspecified atom stereocenters. The quantitative estimate of drug-likeness (QED) is 0.257. The molecule has 0 spiro atoms. The topological polar surface area (TPSA) is 115 Å². The van der Waals surface area contributed by atoms with Crippen molar-refractivity contribution in [1.82, 2.24) is 19.9 Å². The van der Waals surface area contributed by atoms with E-state index in [1.165, 1.54) is 0 Å². The Balaban J connectivity index is -0.000000398. The summed E-state index contributed by atoms with van der Waals surface area (Å²) in [5, 5.41) is 0. The van der Waals surface area contributed by atoms with Gasteiger partial charge in [-0.1, -0.05) is 24.3 Å². The van der Waals surface area contributed by atoms with Crippen molar-refractivity contribution in [3.05, 3.63) is 97.6 Å². The minimum atomic E-state index is 0. The van der Waals surface area contributed by atoms with Crippen LogP contribution in [0.25, 0.3) is 22.8 Å². The normalized spacial score (nSPS) is 8.00. The van der Waals surface area contributed by atoms with Gasteiger partial charge in [0.05, 0.1) is 22.8 Å². The third-order valence-corrected chi connectivity index (χ3v) is 3.18. The van der Waals surface area contributed by atoms with Crippen molar-refractivity contribution in [1.29, 1.82) is 0 Å². The van der Waals surface area contributed by atoms with E-state index in [4.69, 9.17) is 0 Å². The fourth-order valence-electron chi connectivity index (χ4n) is 2.06. The van der Waals surface area contributed by atoms with Crippen LogP contribution in [-0.4, -0.2) is 30.9 Å². The summed E-state index contributed by atoms with van der Waals surface area (Å²) in [7, 11) is 0. The molecule has 154 valence electrons. The molecule has 0 fully saturated rings. The average Bonchev–Trinajstić information content (AvgIpc) is 2.71. The molecule has 4 heterocycles. The van der Waals surface area contributed by atoms with Gasteiger partial charge in [-0.3, -0.25) is 19.9 Å². The van der Waals surface area contributed by atoms with Gasteiger partial charge in [-0.15, -0.1) is 0 Å². The van der Waals surface area contributed by atoms with Crippen molar-refractivity contribution in [3.63, 3.8) is 0 Å². The van der Waals surface area contributed by atoms with Crippen LogP contribution in [0, 0.1) is 0 Å². The third-order valence-electron chi connectivity index (χ3n) is 3.18. The first-order chi connectivity index (χ1) is 11.9. The molecular weight excluding hydrogens is 500 g/mol. The van der Waals surface area contributed by atoms with Crippen LogP contribution < -0.4 is 24.8 Å². The molecule has 29 heavy (non-hydrogen) atoms. The van der Waals surface area contributed by atoms with Crippen molar-refractivity contribution < 1.29 is 55.2 Å². The molecule has 0 aliphatic heterocycles. The van der Waals surface area contributed by atoms with E-state index in [1.54, 1.807) is 24.8 Å². The second kappa shape index (κ2) is 17.8. The number of rotatable bonds is 2. The molecule has 0 saturated heterocycles. The number of nitrogens with zero attached hydrogens (tertiary/aromatic N) is 4. The molecule has 6 nitrogen and oxygen atoms in total. The van der Waals surface area contributed by atoms with Crippen molar-refractivity contribution in [3.8, 4) is 22.8 Å². The summed E-state index contributed by atoms with van der Waals surface area (Å²) in [6.45, 7) is 0. The van der Waals surface area contributed by atoms with Gasteiger partial charge in [-0.05, 0) is 48.5 Å². The predicted molar refractivity (Wildman–Crippen MR) is 102 cm³/mol. The van der Waals surface area contributed by atoms with Crippen molar-refractivity contribution in [2.24, 2.45) is 0 Å². The van der Waals surface area contributed by atoms with Gasteiger partial charge in [0, 0.05) is 24.8 Å². The molecule has 9 heteroatoms. The minimum absolute atomic E-state index is 0. The van der Waals surface area contributed by atoms with Crippen LogP contribution in [-0.2, 0) is 19.5 Å². The summed E-state index contributed by atoms with van der Waals surface area (Å²) in [4.78, 5) is 16.7. The van der Waals surface area contributed by atoms with Gasteiger partial charge in [-0.2, -0.15) is 0 Å². The largest absolute Gasteiger partial charge is 2.00 e. The van der Waals surface area contributed by atoms with Crippen LogP contribution in [0.4, 0.5) is 0 Å². The zero-order valence-electron chi connectivity index (χ0n) is 15.1. The van der Waals surface area contributed by atoms with Gasteiger partial charge < -0.3 is 35.8 Å². The van der Waals surface area contributed by atoms with Crippen LogP contribution in [0.15, 0.2) is 97.6 Å². The van der Waals surface area contributed by atoms with Crippen molar-refractivity contribution in [2.75, 3.05) is 0 Å². The van der Waals surface area contributed by atoms with Gasteiger partial charge in [0.1, 0.15) is 0 Å². The molecule has 4 rings (SSSR count). The fraction of sp³-hybridized carbons (Fsp3) is 0. The first kappa shape index (κ1) is 31.4. The van der Waals surface area contributed by atoms with Crippen molar-refractivity contribution in [2.45, 2.75) is 0 Å². The summed E-state index contributed by atoms with van der Waals surface area (Å²) < 4.78 is 0. The van der Waals surface area contributed by atoms with Crippen LogP contribution in [0.2, 0.25) is 0 Å². The summed E-state index contributed by atoms with van der Waals surface area (Å²) in [6.07, 6.45) is 7.07. The molecule has 0 aliphatic carbocycles. The molecule has 0 bridgehead atoms. The third kappa shape index (κ3) is 10.2. The molecule has 0 saturated carbocycles. The first-order valence-electron chi connectivity index (χ1n) is 7.58. The maximum absolute atomic E-state index is 4.19. The zero-order valence-corrected chi connectivity index (χ0v) is 18.4. The van der Waals surface area contributed by atoms with E-state index in [0.29, 0.717) is 0 Å². The summed E-state index contributed by atoms with van der Waals surface area (Å²) >= 11 is 0. The smallest absolute Gasteiger partial charge is 1.00 e. The van der Waals surface area contributed by atoms with E-state index in [0.717, 1.165) is 22.8 Å². The van der Waals surface area contributed by atoms with Gasteiger partial charge in [0.25, 0.3) is 0 Å². The number of hydrogen-bond acceptors (Lipinski definition) is 4. The second-order valence-electron chi connectivity index (χ2n) is 4.86. The van der Waals surface area contributed by atoms with Crippen LogP contribution >= 0.6 is 0 Å². The van der Waals surface area contributed by atoms with E-state index in [-0.39, 0.29) is 55.2 Å². The molecule has 0 aliphatic rings. The monoisotopic (exact) mass is 520 g/mol. The summed E-state index contributed by atoms with van der Waals surface area (Å²) in [5.41, 5.74) is 3.66. The van der Waals surface area contributed by atoms with E-state index < -0.39 is 0 Å². The van der Waals surface area contributed by atoms with Crippen LogP contribution in [0.1, 0.15) is 0 Å². The Bertz CT molecular complexity index is 712. The van der Waals surface area contributed by atoms with E-state index in [1.807, 2.05) is 72.8 Å². The molecule has 0 atom stereocenters. The Morgan fingerprint density at radius 1 is 0.379 bits per heavy atom. The number of pyridine rings is 4. The Labute approximate surface area is 195 Å². The Morgan fingerprint density at radius 3 is 0.724 bits per heavy atom. The number of halogens is 2. The maximum Gasteiger partial charge on any atom is 2.00 e. The Morgan fingerprint density at radius 2 is 0.586 bits per heavy atom. The zero-order chi connectivity index (χ0) is 16.5. The first-order valence-corrected chi connectivity index (χ1v) is 7.58. The van der Waals surface area contributed by atoms with Gasteiger partial charge in [-0.25, -0.2) is 0 Å². The molecular formula is C20H20Cl2N4O2Ru. The molecule has 0 amide bonds. The molecule has 0 aromatic carbocycles. The molecule has 4 N–H and O–H groups in total. The number of hydrogen-bond donors (Lipinski definition) is 0. The van der Waals surface area contributed by atoms with E-state index >= 15 is 0 Å². The van der Waals surface area contributed by atoms with Gasteiger partial charge in [0.15, 0.2) is 0 Å². The summed E-state index contributed by atoms with van der Waals surface area (Å²) in [5.74, 6) is 0. The fourth-order valence-corrected chi connectivity index (χ4v) is 2.06.